The van der Waals surface area contributed by atoms with Crippen molar-refractivity contribution < 1.29 is 19.2 Å². The molecule has 0 atom stereocenters. The number of hydrogen-bond donors (Lipinski definition) is 0. The van der Waals surface area contributed by atoms with Crippen LogP contribution in [0.25, 0.3) is 0 Å². The van der Waals surface area contributed by atoms with Crippen molar-refractivity contribution in [3.05, 3.63) is 119 Å². The van der Waals surface area contributed by atoms with E-state index in [4.69, 9.17) is 4.84 Å². The maximum Gasteiger partial charge on any atom is 0.331 e. The molecule has 4 aromatic carbocycles. The number of rotatable bonds is 13. The Hall–Kier alpha value is -3.94. The zero-order chi connectivity index (χ0) is 29.9. The van der Waals surface area contributed by atoms with Gasteiger partial charge in [-0.05, 0) is 91.2 Å². The summed E-state index contributed by atoms with van der Waals surface area (Å²) in [7, 11) is 0. The molecule has 42 heavy (non-hydrogen) atoms. The Morgan fingerprint density at radius 2 is 0.952 bits per heavy atom. The van der Waals surface area contributed by atoms with Crippen LogP contribution in [0, 0.1) is 0 Å². The van der Waals surface area contributed by atoms with Crippen LogP contribution < -0.4 is 0 Å². The molecule has 0 N–H and O–H groups in total. The number of carbonyl (C=O) groups is 3. The summed E-state index contributed by atoms with van der Waals surface area (Å²) >= 11 is 3.20. The Labute approximate surface area is 255 Å². The van der Waals surface area contributed by atoms with Crippen molar-refractivity contribution in [3.8, 4) is 0 Å². The van der Waals surface area contributed by atoms with Crippen LogP contribution in [0.2, 0.25) is 0 Å². The molecule has 5 nitrogen and oxygen atoms in total. The highest BCUT2D eigenvalue weighted by Crippen LogP contribution is 2.30. The molecule has 0 saturated carbocycles. The topological polar surface area (TPSA) is 72.8 Å². The Morgan fingerprint density at radius 3 is 1.33 bits per heavy atom. The lowest BCUT2D eigenvalue weighted by Crippen LogP contribution is -2.03. The number of benzene rings is 4. The number of nitrogens with zero attached hydrogens (tertiary/aromatic N) is 1. The summed E-state index contributed by atoms with van der Waals surface area (Å²) in [5.41, 5.74) is 3.67. The molecule has 0 aliphatic rings. The second-order valence-corrected chi connectivity index (χ2v) is 12.0. The smallest absolute Gasteiger partial charge is 0.318 e. The van der Waals surface area contributed by atoms with Crippen molar-refractivity contribution in [2.24, 2.45) is 5.16 Å². The highest BCUT2D eigenvalue weighted by atomic mass is 32.2. The molecule has 0 aromatic heterocycles. The number of ketones is 2. The maximum atomic E-state index is 13.1. The molecule has 0 aliphatic heterocycles. The summed E-state index contributed by atoms with van der Waals surface area (Å²) in [5.74, 6) is -0.293. The minimum atomic E-state index is -0.437. The van der Waals surface area contributed by atoms with E-state index in [1.165, 1.54) is 6.92 Å². The number of oxime groups is 1. The van der Waals surface area contributed by atoms with Crippen molar-refractivity contribution in [1.29, 1.82) is 0 Å². The normalized spacial score (nSPS) is 11.3. The minimum Gasteiger partial charge on any atom is -0.318 e. The van der Waals surface area contributed by atoms with E-state index in [1.54, 1.807) is 23.5 Å². The van der Waals surface area contributed by atoms with E-state index < -0.39 is 5.97 Å². The lowest BCUT2D eigenvalue weighted by atomic mass is 10.0. The first kappa shape index (κ1) is 31.0. The van der Waals surface area contributed by atoms with Crippen molar-refractivity contribution in [3.63, 3.8) is 0 Å². The first-order chi connectivity index (χ1) is 20.4. The molecule has 4 aromatic rings. The van der Waals surface area contributed by atoms with Gasteiger partial charge in [0.25, 0.3) is 0 Å². The fourth-order valence-electron chi connectivity index (χ4n) is 4.18. The molecular formula is C35H33NO4S2. The maximum absolute atomic E-state index is 13.1. The van der Waals surface area contributed by atoms with Gasteiger partial charge in [-0.25, -0.2) is 4.79 Å². The third kappa shape index (κ3) is 8.78. The third-order valence-electron chi connectivity index (χ3n) is 6.32. The summed E-state index contributed by atoms with van der Waals surface area (Å²) < 4.78 is 0. The predicted molar refractivity (Wildman–Crippen MR) is 170 cm³/mol. The number of carbonyl (C=O) groups excluding carboxylic acids is 3. The third-order valence-corrected chi connectivity index (χ3v) is 8.35. The summed E-state index contributed by atoms with van der Waals surface area (Å²) in [6, 6.07) is 30.9. The van der Waals surface area contributed by atoms with Crippen LogP contribution in [0.4, 0.5) is 0 Å². The van der Waals surface area contributed by atoms with Gasteiger partial charge in [0, 0.05) is 49.6 Å². The van der Waals surface area contributed by atoms with Gasteiger partial charge in [-0.15, -0.1) is 0 Å². The number of hydrogen-bond acceptors (Lipinski definition) is 7. The summed E-state index contributed by atoms with van der Waals surface area (Å²) in [6.45, 7) is 5.39. The molecule has 0 heterocycles. The quantitative estimate of drug-likeness (QED) is 0.0664. The fraction of sp³-hybridized carbons (Fsp3) is 0.200. The molecule has 0 radical (unpaired) electrons. The fourth-order valence-corrected chi connectivity index (χ4v) is 5.82. The Bertz CT molecular complexity index is 1540. The molecule has 0 amide bonds. The first-order valence-electron chi connectivity index (χ1n) is 13.9. The van der Waals surface area contributed by atoms with E-state index in [2.05, 4.69) is 12.1 Å². The van der Waals surface area contributed by atoms with E-state index in [1.807, 2.05) is 104 Å². The molecule has 214 valence electrons. The van der Waals surface area contributed by atoms with Crippen LogP contribution in [-0.4, -0.2) is 23.2 Å². The van der Waals surface area contributed by atoms with Crippen molar-refractivity contribution >= 4 is 46.8 Å². The monoisotopic (exact) mass is 595 g/mol. The molecule has 0 fully saturated rings. The summed E-state index contributed by atoms with van der Waals surface area (Å²) in [4.78, 5) is 45.3. The van der Waals surface area contributed by atoms with Gasteiger partial charge in [0.05, 0.1) is 5.71 Å². The van der Waals surface area contributed by atoms with Crippen LogP contribution in [0.15, 0.2) is 122 Å². The zero-order valence-corrected chi connectivity index (χ0v) is 25.6. The Morgan fingerprint density at radius 1 is 0.571 bits per heavy atom. The minimum absolute atomic E-state index is 0.0261. The van der Waals surface area contributed by atoms with E-state index >= 15 is 0 Å². The highest BCUT2D eigenvalue weighted by Gasteiger charge is 2.11. The summed E-state index contributed by atoms with van der Waals surface area (Å²) in [5, 5.41) is 4.00. The average molecular weight is 596 g/mol. The van der Waals surface area contributed by atoms with E-state index in [0.29, 0.717) is 24.0 Å². The van der Waals surface area contributed by atoms with Gasteiger partial charge in [0.1, 0.15) is 0 Å². The predicted octanol–water partition coefficient (Wildman–Crippen LogP) is 9.27. The molecule has 7 heteroatoms. The second-order valence-electron chi connectivity index (χ2n) is 9.67. The molecular weight excluding hydrogens is 563 g/mol. The molecule has 0 unspecified atom stereocenters. The summed E-state index contributed by atoms with van der Waals surface area (Å²) in [6.07, 6.45) is 3.01. The van der Waals surface area contributed by atoms with E-state index in [0.717, 1.165) is 49.3 Å². The van der Waals surface area contributed by atoms with Gasteiger partial charge in [-0.3, -0.25) is 9.59 Å². The Balaban J connectivity index is 1.35. The lowest BCUT2D eigenvalue weighted by Gasteiger charge is -2.08. The average Bonchev–Trinajstić information content (AvgIpc) is 3.00. The van der Waals surface area contributed by atoms with E-state index in [9.17, 15) is 14.4 Å². The molecule has 0 spiro atoms. The van der Waals surface area contributed by atoms with Gasteiger partial charge in [0.2, 0.25) is 0 Å². The molecule has 0 aliphatic carbocycles. The van der Waals surface area contributed by atoms with Gasteiger partial charge in [-0.1, -0.05) is 73.2 Å². The molecule has 0 bridgehead atoms. The van der Waals surface area contributed by atoms with Crippen LogP contribution in [-0.2, 0) is 9.63 Å². The van der Waals surface area contributed by atoms with Crippen molar-refractivity contribution in [1.82, 2.24) is 0 Å². The standard InChI is InChI=1S/C35H33NO4S2/c1-4-6-33(36-40-24(3)37)25-8-16-29(17-9-25)41-31-20-12-27(13-21-31)35(39)28-14-22-32(23-15-28)42-30-18-10-26(11-19-30)34(38)7-5-2/h8-23H,4-7H2,1-3H3/b36-33+. The number of Topliss-reactive ketones (excluding diaryl/α,β-unsaturated/α-hetero) is 1. The van der Waals surface area contributed by atoms with Crippen LogP contribution in [0.3, 0.4) is 0 Å². The van der Waals surface area contributed by atoms with Gasteiger partial charge in [-0.2, -0.15) is 0 Å². The molecule has 0 saturated heterocycles. The van der Waals surface area contributed by atoms with Gasteiger partial charge < -0.3 is 4.84 Å². The zero-order valence-electron chi connectivity index (χ0n) is 24.0. The van der Waals surface area contributed by atoms with Gasteiger partial charge >= 0.3 is 5.97 Å². The van der Waals surface area contributed by atoms with Crippen LogP contribution >= 0.6 is 23.5 Å². The second kappa shape index (κ2) is 15.3. The van der Waals surface area contributed by atoms with Crippen molar-refractivity contribution in [2.75, 3.05) is 0 Å². The van der Waals surface area contributed by atoms with E-state index in [-0.39, 0.29) is 11.6 Å². The lowest BCUT2D eigenvalue weighted by molar-refractivity contribution is -0.140. The molecule has 4 rings (SSSR count). The van der Waals surface area contributed by atoms with Crippen LogP contribution in [0.1, 0.15) is 78.3 Å². The van der Waals surface area contributed by atoms with Crippen LogP contribution in [0.5, 0.6) is 0 Å². The van der Waals surface area contributed by atoms with Gasteiger partial charge in [0.15, 0.2) is 11.6 Å². The Kier molecular flexibility index (Phi) is 11.3. The van der Waals surface area contributed by atoms with Crippen molar-refractivity contribution in [2.45, 2.75) is 66.0 Å². The first-order valence-corrected chi connectivity index (χ1v) is 15.6. The SMILES string of the molecule is CCCC(=O)c1ccc(Sc2ccc(C(=O)c3ccc(Sc4ccc(/C(CCC)=N/OC(C)=O)cc4)cc3)cc2)cc1. The largest absolute Gasteiger partial charge is 0.331 e. The highest BCUT2D eigenvalue weighted by molar-refractivity contribution is 7.99.